The quantitative estimate of drug-likeness (QED) is 0.231. The Balaban J connectivity index is 1.76. The predicted octanol–water partition coefficient (Wildman–Crippen LogP) is 1.37. The molecule has 150 valence electrons. The summed E-state index contributed by atoms with van der Waals surface area (Å²) in [4.78, 5) is 7.99. The third-order valence-electron chi connectivity index (χ3n) is 4.39. The number of rotatable bonds is 7. The number of hydrazine groups is 1. The first-order chi connectivity index (χ1) is 14.0. The van der Waals surface area contributed by atoms with Crippen LogP contribution in [0, 0.1) is 0 Å². The van der Waals surface area contributed by atoms with Gasteiger partial charge in [0.15, 0.2) is 5.82 Å². The maximum absolute atomic E-state index is 6.11. The Morgan fingerprint density at radius 2 is 2.07 bits per heavy atom. The van der Waals surface area contributed by atoms with Crippen molar-refractivity contribution in [3.05, 3.63) is 71.1 Å². The minimum absolute atomic E-state index is 0.352. The Kier molecular flexibility index (Phi) is 6.10. The Hall–Kier alpha value is -3.85. The summed E-state index contributed by atoms with van der Waals surface area (Å²) in [7, 11) is 1.71. The van der Waals surface area contributed by atoms with E-state index in [0.29, 0.717) is 36.0 Å². The highest BCUT2D eigenvalue weighted by Gasteiger charge is 2.10. The lowest BCUT2D eigenvalue weighted by Gasteiger charge is -2.10. The number of nitrogens with two attached hydrogens (primary N) is 4. The van der Waals surface area contributed by atoms with E-state index in [1.807, 2.05) is 35.1 Å². The highest BCUT2D eigenvalue weighted by Crippen LogP contribution is 2.24. The summed E-state index contributed by atoms with van der Waals surface area (Å²) in [5.74, 6) is 6.16. The zero-order chi connectivity index (χ0) is 20.8. The molecule has 0 aliphatic heterocycles. The topological polar surface area (TPSA) is 159 Å². The average molecular weight is 391 g/mol. The second kappa shape index (κ2) is 8.89. The van der Waals surface area contributed by atoms with E-state index in [4.69, 9.17) is 23.0 Å². The Morgan fingerprint density at radius 1 is 1.24 bits per heavy atom. The van der Waals surface area contributed by atoms with Crippen LogP contribution in [0.2, 0.25) is 0 Å². The van der Waals surface area contributed by atoms with Crippen LogP contribution in [0.25, 0.3) is 5.70 Å². The summed E-state index contributed by atoms with van der Waals surface area (Å²) in [6.07, 6.45) is 7.80. The Bertz CT molecular complexity index is 1050. The molecule has 0 saturated heterocycles. The molecule has 0 aliphatic carbocycles. The molecule has 0 fully saturated rings. The fraction of sp³-hybridized carbons (Fsp3) is 0.150. The van der Waals surface area contributed by atoms with Crippen molar-refractivity contribution < 1.29 is 0 Å². The molecule has 0 spiro atoms. The summed E-state index contributed by atoms with van der Waals surface area (Å²) in [5.41, 5.74) is 25.5. The lowest BCUT2D eigenvalue weighted by Crippen LogP contribution is -2.13. The molecule has 0 aliphatic rings. The molecule has 0 bridgehead atoms. The number of anilines is 3. The monoisotopic (exact) mass is 391 g/mol. The van der Waals surface area contributed by atoms with Crippen molar-refractivity contribution in [2.45, 2.75) is 13.0 Å². The van der Waals surface area contributed by atoms with Gasteiger partial charge in [0, 0.05) is 31.6 Å². The largest absolute Gasteiger partial charge is 0.398 e. The van der Waals surface area contributed by atoms with Crippen molar-refractivity contribution in [2.75, 3.05) is 23.9 Å². The SMILES string of the molecule is CN=CC=C(N)c1cccc(Cn2cc(Cc3cc(N)nc(NN)c3N)cn2)c1. The number of allylic oxidation sites excluding steroid dienone is 1. The van der Waals surface area contributed by atoms with Crippen molar-refractivity contribution in [1.29, 1.82) is 0 Å². The zero-order valence-corrected chi connectivity index (χ0v) is 16.2. The number of pyridine rings is 1. The molecule has 0 saturated carbocycles. The third-order valence-corrected chi connectivity index (χ3v) is 4.39. The van der Waals surface area contributed by atoms with Crippen molar-refractivity contribution in [3.8, 4) is 0 Å². The second-order valence-electron chi connectivity index (χ2n) is 6.57. The van der Waals surface area contributed by atoms with Crippen molar-refractivity contribution in [3.63, 3.8) is 0 Å². The molecule has 3 aromatic rings. The lowest BCUT2D eigenvalue weighted by atomic mass is 10.1. The van der Waals surface area contributed by atoms with E-state index >= 15 is 0 Å². The van der Waals surface area contributed by atoms with E-state index in [9.17, 15) is 0 Å². The minimum Gasteiger partial charge on any atom is -0.398 e. The van der Waals surface area contributed by atoms with E-state index in [0.717, 1.165) is 22.3 Å². The molecule has 9 heteroatoms. The van der Waals surface area contributed by atoms with Crippen LogP contribution in [0.4, 0.5) is 17.3 Å². The van der Waals surface area contributed by atoms with Gasteiger partial charge in [-0.2, -0.15) is 5.10 Å². The van der Waals surface area contributed by atoms with Crippen LogP contribution in [0.3, 0.4) is 0 Å². The van der Waals surface area contributed by atoms with Gasteiger partial charge in [-0.1, -0.05) is 18.2 Å². The lowest BCUT2D eigenvalue weighted by molar-refractivity contribution is 0.686. The standard InChI is InChI=1S/C20H25N9/c1-25-6-5-17(21)15-4-2-3-13(7-15)11-29-12-14(10-26-29)8-16-9-18(22)27-20(28-24)19(16)23/h2-7,9-10,12H,8,11,21,23-24H2,1H3,(H3,22,27,28). The summed E-state index contributed by atoms with van der Waals surface area (Å²) < 4.78 is 1.87. The van der Waals surface area contributed by atoms with E-state index in [1.54, 1.807) is 31.6 Å². The summed E-state index contributed by atoms with van der Waals surface area (Å²) in [6.45, 7) is 0.618. The minimum atomic E-state index is 0.352. The molecule has 3 rings (SSSR count). The van der Waals surface area contributed by atoms with Gasteiger partial charge in [-0.15, -0.1) is 0 Å². The van der Waals surface area contributed by atoms with Gasteiger partial charge in [-0.25, -0.2) is 10.8 Å². The van der Waals surface area contributed by atoms with Crippen LogP contribution in [-0.4, -0.2) is 28.0 Å². The number of hydrogen-bond donors (Lipinski definition) is 5. The second-order valence-corrected chi connectivity index (χ2v) is 6.57. The van der Waals surface area contributed by atoms with E-state index in [-0.39, 0.29) is 0 Å². The predicted molar refractivity (Wildman–Crippen MR) is 118 cm³/mol. The molecule has 9 N–H and O–H groups in total. The highest BCUT2D eigenvalue weighted by atomic mass is 15.3. The number of hydrogen-bond acceptors (Lipinski definition) is 8. The molecule has 2 aromatic heterocycles. The van der Waals surface area contributed by atoms with Crippen molar-refractivity contribution in [2.24, 2.45) is 16.6 Å². The maximum atomic E-state index is 6.11. The van der Waals surface area contributed by atoms with Crippen LogP contribution >= 0.6 is 0 Å². The van der Waals surface area contributed by atoms with Gasteiger partial charge in [0.1, 0.15) is 5.82 Å². The first-order valence-electron chi connectivity index (χ1n) is 9.00. The van der Waals surface area contributed by atoms with Crippen LogP contribution in [0.15, 0.2) is 53.8 Å². The number of benzene rings is 1. The van der Waals surface area contributed by atoms with E-state index in [2.05, 4.69) is 20.5 Å². The van der Waals surface area contributed by atoms with Crippen LogP contribution in [0.1, 0.15) is 22.3 Å². The molecule has 0 atom stereocenters. The molecular weight excluding hydrogens is 366 g/mol. The van der Waals surface area contributed by atoms with E-state index in [1.165, 1.54) is 0 Å². The van der Waals surface area contributed by atoms with Gasteiger partial charge < -0.3 is 22.6 Å². The molecular formula is C20H25N9. The molecule has 9 nitrogen and oxygen atoms in total. The highest BCUT2D eigenvalue weighted by molar-refractivity contribution is 5.83. The molecule has 0 radical (unpaired) electrons. The van der Waals surface area contributed by atoms with Gasteiger partial charge in [0.25, 0.3) is 0 Å². The number of aromatic nitrogens is 3. The molecule has 2 heterocycles. The average Bonchev–Trinajstić information content (AvgIpc) is 3.15. The summed E-state index contributed by atoms with van der Waals surface area (Å²) in [5, 5.41) is 4.45. The fourth-order valence-corrected chi connectivity index (χ4v) is 2.98. The summed E-state index contributed by atoms with van der Waals surface area (Å²) in [6, 6.07) is 9.75. The van der Waals surface area contributed by atoms with Crippen LogP contribution in [0.5, 0.6) is 0 Å². The van der Waals surface area contributed by atoms with Gasteiger partial charge in [0.2, 0.25) is 0 Å². The Labute approximate surface area is 169 Å². The summed E-state index contributed by atoms with van der Waals surface area (Å²) >= 11 is 0. The third kappa shape index (κ3) is 4.90. The number of nitrogens with zero attached hydrogens (tertiary/aromatic N) is 4. The molecule has 29 heavy (non-hydrogen) atoms. The van der Waals surface area contributed by atoms with Gasteiger partial charge in [-0.3, -0.25) is 9.67 Å². The first-order valence-corrected chi connectivity index (χ1v) is 9.00. The van der Waals surface area contributed by atoms with Crippen molar-refractivity contribution >= 4 is 29.2 Å². The van der Waals surface area contributed by atoms with Gasteiger partial charge in [-0.05, 0) is 40.5 Å². The molecule has 1 aromatic carbocycles. The van der Waals surface area contributed by atoms with Gasteiger partial charge in [0.05, 0.1) is 18.4 Å². The fourth-order valence-electron chi connectivity index (χ4n) is 2.98. The number of nitrogen functional groups attached to an aromatic ring is 3. The zero-order valence-electron chi connectivity index (χ0n) is 16.2. The van der Waals surface area contributed by atoms with E-state index < -0.39 is 0 Å². The molecule has 0 unspecified atom stereocenters. The number of nitrogens with one attached hydrogen (secondary N) is 1. The van der Waals surface area contributed by atoms with Crippen LogP contribution < -0.4 is 28.5 Å². The van der Waals surface area contributed by atoms with Crippen molar-refractivity contribution in [1.82, 2.24) is 14.8 Å². The van der Waals surface area contributed by atoms with Crippen LogP contribution in [-0.2, 0) is 13.0 Å². The normalized spacial score (nSPS) is 11.9. The molecule has 0 amide bonds. The Morgan fingerprint density at radius 3 is 2.83 bits per heavy atom. The number of aliphatic imine (C=N–C) groups is 1. The first kappa shape index (κ1) is 19.9. The van der Waals surface area contributed by atoms with Gasteiger partial charge >= 0.3 is 0 Å². The smallest absolute Gasteiger partial charge is 0.165 e. The maximum Gasteiger partial charge on any atom is 0.165 e.